The third kappa shape index (κ3) is 3.77. The minimum absolute atomic E-state index is 0.151. The lowest BCUT2D eigenvalue weighted by molar-refractivity contribution is -0.131. The number of aryl methyl sites for hydroxylation is 1. The summed E-state index contributed by atoms with van der Waals surface area (Å²) < 4.78 is 36.0. The zero-order valence-corrected chi connectivity index (χ0v) is 16.2. The molecule has 8 nitrogen and oxygen atoms in total. The maximum absolute atomic E-state index is 12.8. The Hall–Kier alpha value is -2.94. The number of carbonyl (C=O) groups is 1. The molecule has 0 radical (unpaired) electrons. The van der Waals surface area contributed by atoms with Crippen molar-refractivity contribution in [1.29, 1.82) is 0 Å². The zero-order valence-electron chi connectivity index (χ0n) is 15.4. The monoisotopic (exact) mass is 389 g/mol. The summed E-state index contributed by atoms with van der Waals surface area (Å²) in [6.07, 6.45) is 1.49. The van der Waals surface area contributed by atoms with Crippen LogP contribution in [0, 0.1) is 13.8 Å². The molecule has 0 atom stereocenters. The maximum atomic E-state index is 12.8. The van der Waals surface area contributed by atoms with Gasteiger partial charge in [-0.15, -0.1) is 0 Å². The number of benzene rings is 1. The lowest BCUT2D eigenvalue weighted by Crippen LogP contribution is -2.12. The number of aromatic nitrogens is 3. The topological polar surface area (TPSA) is 111 Å². The van der Waals surface area contributed by atoms with Gasteiger partial charge in [0.15, 0.2) is 0 Å². The predicted molar refractivity (Wildman–Crippen MR) is 98.6 cm³/mol. The number of hydrogen-bond donors (Lipinski definition) is 1. The van der Waals surface area contributed by atoms with Gasteiger partial charge in [-0.25, -0.2) is 13.4 Å². The summed E-state index contributed by atoms with van der Waals surface area (Å²) in [5, 5.41) is -0.151. The highest BCUT2D eigenvalue weighted by molar-refractivity contribution is 7.90. The number of hydrogen-bond acceptors (Lipinski definition) is 7. The van der Waals surface area contributed by atoms with E-state index in [-0.39, 0.29) is 10.9 Å². The first kappa shape index (κ1) is 18.8. The minimum Gasteiger partial charge on any atom is -0.497 e. The molecule has 9 heteroatoms. The van der Waals surface area contributed by atoms with Gasteiger partial charge < -0.3 is 14.5 Å². The SMILES string of the molecule is COc1ccc2nc(S(=O)(=O)Cc3ncc(C)c(OC(C)=O)c3C)[nH]c2c1. The van der Waals surface area contributed by atoms with Crippen LogP contribution in [0.5, 0.6) is 11.5 Å². The van der Waals surface area contributed by atoms with Crippen LogP contribution in [0.15, 0.2) is 29.6 Å². The third-order valence-electron chi connectivity index (χ3n) is 4.08. The highest BCUT2D eigenvalue weighted by atomic mass is 32.2. The van der Waals surface area contributed by atoms with Crippen LogP contribution in [0.1, 0.15) is 23.7 Å². The predicted octanol–water partition coefficient (Wildman–Crippen LogP) is 2.48. The third-order valence-corrected chi connectivity index (χ3v) is 5.52. The van der Waals surface area contributed by atoms with Crippen LogP contribution in [0.2, 0.25) is 0 Å². The fourth-order valence-electron chi connectivity index (χ4n) is 2.69. The average molecular weight is 389 g/mol. The van der Waals surface area contributed by atoms with Gasteiger partial charge in [-0.3, -0.25) is 9.78 Å². The van der Waals surface area contributed by atoms with E-state index in [9.17, 15) is 13.2 Å². The lowest BCUT2D eigenvalue weighted by atomic mass is 10.1. The molecule has 1 N–H and O–H groups in total. The summed E-state index contributed by atoms with van der Waals surface area (Å²) in [5.74, 6) is 0.0753. The molecule has 142 valence electrons. The van der Waals surface area contributed by atoms with E-state index in [0.29, 0.717) is 39.4 Å². The van der Waals surface area contributed by atoms with E-state index >= 15 is 0 Å². The molecule has 3 rings (SSSR count). The maximum Gasteiger partial charge on any atom is 0.308 e. The van der Waals surface area contributed by atoms with Crippen LogP contribution in [0.25, 0.3) is 11.0 Å². The fourth-order valence-corrected chi connectivity index (χ4v) is 3.98. The lowest BCUT2D eigenvalue weighted by Gasteiger charge is -2.12. The van der Waals surface area contributed by atoms with Crippen LogP contribution in [-0.4, -0.2) is 36.4 Å². The van der Waals surface area contributed by atoms with Gasteiger partial charge in [-0.2, -0.15) is 0 Å². The van der Waals surface area contributed by atoms with Crippen LogP contribution >= 0.6 is 0 Å². The number of rotatable bonds is 5. The molecule has 2 aromatic heterocycles. The molecule has 0 aliphatic heterocycles. The number of esters is 1. The molecule has 0 unspecified atom stereocenters. The Bertz CT molecular complexity index is 1140. The number of aromatic amines is 1. The van der Waals surface area contributed by atoms with Gasteiger partial charge in [0, 0.05) is 30.3 Å². The Kier molecular flexibility index (Phi) is 4.88. The molecule has 0 saturated carbocycles. The first-order valence-electron chi connectivity index (χ1n) is 8.11. The Morgan fingerprint density at radius 3 is 2.67 bits per heavy atom. The quantitative estimate of drug-likeness (QED) is 0.667. The molecule has 0 saturated heterocycles. The number of carbonyl (C=O) groups excluding carboxylic acids is 1. The molecule has 0 amide bonds. The number of ether oxygens (including phenoxy) is 2. The Labute approximate surface area is 156 Å². The number of nitrogens with one attached hydrogen (secondary N) is 1. The molecule has 0 spiro atoms. The Morgan fingerprint density at radius 2 is 2.00 bits per heavy atom. The second kappa shape index (κ2) is 6.99. The number of nitrogens with zero attached hydrogens (tertiary/aromatic N) is 2. The summed E-state index contributed by atoms with van der Waals surface area (Å²) in [4.78, 5) is 22.5. The van der Waals surface area contributed by atoms with Crippen molar-refractivity contribution in [2.45, 2.75) is 31.7 Å². The largest absolute Gasteiger partial charge is 0.497 e. The molecule has 0 aliphatic rings. The minimum atomic E-state index is -3.79. The fraction of sp³-hybridized carbons (Fsp3) is 0.278. The van der Waals surface area contributed by atoms with Gasteiger partial charge >= 0.3 is 5.97 Å². The standard InChI is InChI=1S/C18H19N3O5S/c1-10-8-19-16(11(2)17(10)26-12(3)22)9-27(23,24)18-20-14-6-5-13(25-4)7-15(14)21-18/h5-8H,9H2,1-4H3,(H,20,21). The van der Waals surface area contributed by atoms with E-state index in [4.69, 9.17) is 9.47 Å². The van der Waals surface area contributed by atoms with Crippen molar-refractivity contribution in [3.8, 4) is 11.5 Å². The number of sulfone groups is 1. The molecule has 27 heavy (non-hydrogen) atoms. The molecular weight excluding hydrogens is 370 g/mol. The van der Waals surface area contributed by atoms with E-state index < -0.39 is 15.8 Å². The van der Waals surface area contributed by atoms with E-state index in [1.807, 2.05) is 0 Å². The molecular formula is C18H19N3O5S. The second-order valence-corrected chi connectivity index (χ2v) is 8.02. The Morgan fingerprint density at radius 1 is 1.26 bits per heavy atom. The van der Waals surface area contributed by atoms with Gasteiger partial charge in [0.25, 0.3) is 0 Å². The van der Waals surface area contributed by atoms with Gasteiger partial charge in [0.05, 0.1) is 23.8 Å². The summed E-state index contributed by atoms with van der Waals surface area (Å²) in [6, 6.07) is 5.06. The van der Waals surface area contributed by atoms with E-state index in [0.717, 1.165) is 0 Å². The van der Waals surface area contributed by atoms with Gasteiger partial charge in [0.2, 0.25) is 15.0 Å². The van der Waals surface area contributed by atoms with Gasteiger partial charge in [-0.1, -0.05) is 0 Å². The molecule has 3 aromatic rings. The van der Waals surface area contributed by atoms with Gasteiger partial charge in [-0.05, 0) is 26.0 Å². The summed E-state index contributed by atoms with van der Waals surface area (Å²) in [7, 11) is -2.26. The van der Waals surface area contributed by atoms with Crippen molar-refractivity contribution in [2.24, 2.45) is 0 Å². The number of H-pyrrole nitrogens is 1. The van der Waals surface area contributed by atoms with Gasteiger partial charge in [0.1, 0.15) is 17.3 Å². The van der Waals surface area contributed by atoms with Crippen LogP contribution in [0.4, 0.5) is 0 Å². The van der Waals surface area contributed by atoms with Crippen molar-refractivity contribution in [3.63, 3.8) is 0 Å². The number of imidazole rings is 1. The second-order valence-electron chi connectivity index (χ2n) is 6.12. The highest BCUT2D eigenvalue weighted by Gasteiger charge is 2.23. The Balaban J connectivity index is 1.98. The summed E-state index contributed by atoms with van der Waals surface area (Å²) in [6.45, 7) is 4.70. The molecule has 2 heterocycles. The number of methoxy groups -OCH3 is 1. The molecule has 0 fully saturated rings. The normalized spacial score (nSPS) is 11.6. The first-order valence-corrected chi connectivity index (χ1v) is 9.76. The molecule has 1 aromatic carbocycles. The number of pyridine rings is 1. The average Bonchev–Trinajstić information content (AvgIpc) is 3.05. The zero-order chi connectivity index (χ0) is 19.8. The van der Waals surface area contributed by atoms with Crippen molar-refractivity contribution in [2.75, 3.05) is 7.11 Å². The van der Waals surface area contributed by atoms with Crippen molar-refractivity contribution >= 4 is 26.8 Å². The van der Waals surface area contributed by atoms with E-state index in [1.165, 1.54) is 20.2 Å². The summed E-state index contributed by atoms with van der Waals surface area (Å²) in [5.41, 5.74) is 2.53. The van der Waals surface area contributed by atoms with Crippen LogP contribution < -0.4 is 9.47 Å². The van der Waals surface area contributed by atoms with E-state index in [1.54, 1.807) is 32.0 Å². The summed E-state index contributed by atoms with van der Waals surface area (Å²) >= 11 is 0. The molecule has 0 bridgehead atoms. The molecule has 0 aliphatic carbocycles. The van der Waals surface area contributed by atoms with Crippen molar-refractivity contribution < 1.29 is 22.7 Å². The smallest absolute Gasteiger partial charge is 0.308 e. The van der Waals surface area contributed by atoms with E-state index in [2.05, 4.69) is 15.0 Å². The first-order chi connectivity index (χ1) is 12.7. The van der Waals surface area contributed by atoms with Crippen molar-refractivity contribution in [3.05, 3.63) is 41.2 Å². The van der Waals surface area contributed by atoms with Crippen molar-refractivity contribution in [1.82, 2.24) is 15.0 Å². The highest BCUT2D eigenvalue weighted by Crippen LogP contribution is 2.27. The van der Waals surface area contributed by atoms with Crippen LogP contribution in [0.3, 0.4) is 0 Å². The number of fused-ring (bicyclic) bond motifs is 1. The van der Waals surface area contributed by atoms with Crippen LogP contribution in [-0.2, 0) is 20.4 Å².